The molecule has 1 amide bonds. The van der Waals surface area contributed by atoms with E-state index in [-0.39, 0.29) is 11.9 Å². The van der Waals surface area contributed by atoms with Crippen molar-refractivity contribution in [2.45, 2.75) is 19.4 Å². The molecule has 16 heavy (non-hydrogen) atoms. The minimum absolute atomic E-state index is 0.0111. The molecule has 1 unspecified atom stereocenters. The van der Waals surface area contributed by atoms with Crippen molar-refractivity contribution in [2.75, 3.05) is 13.6 Å². The van der Waals surface area contributed by atoms with Gasteiger partial charge in [-0.1, -0.05) is 23.7 Å². The van der Waals surface area contributed by atoms with Crippen molar-refractivity contribution in [1.29, 1.82) is 0 Å². The number of carbonyl (C=O) groups excluding carboxylic acids is 1. The molecule has 0 aliphatic rings. The van der Waals surface area contributed by atoms with Gasteiger partial charge in [0.15, 0.2) is 0 Å². The van der Waals surface area contributed by atoms with Crippen LogP contribution in [0.4, 0.5) is 0 Å². The topological polar surface area (TPSA) is 41.1 Å². The number of benzene rings is 1. The number of carbonyl (C=O) groups is 1. The van der Waals surface area contributed by atoms with Crippen LogP contribution in [-0.2, 0) is 4.79 Å². The molecule has 2 N–H and O–H groups in total. The molecule has 0 aliphatic heterocycles. The summed E-state index contributed by atoms with van der Waals surface area (Å²) in [5, 5.41) is 6.55. The predicted octanol–water partition coefficient (Wildman–Crippen LogP) is 2.13. The van der Waals surface area contributed by atoms with Gasteiger partial charge >= 0.3 is 0 Å². The first-order chi connectivity index (χ1) is 7.63. The van der Waals surface area contributed by atoms with Crippen molar-refractivity contribution in [3.63, 3.8) is 0 Å². The first kappa shape index (κ1) is 13.0. The molecule has 0 saturated carbocycles. The number of amides is 1. The van der Waals surface area contributed by atoms with Crippen LogP contribution in [0.5, 0.6) is 0 Å². The fourth-order valence-electron chi connectivity index (χ4n) is 1.41. The fraction of sp³-hybridized carbons (Fsp3) is 0.417. The van der Waals surface area contributed by atoms with E-state index in [0.717, 1.165) is 5.56 Å². The van der Waals surface area contributed by atoms with Gasteiger partial charge in [-0.25, -0.2) is 0 Å². The maximum absolute atomic E-state index is 11.5. The lowest BCUT2D eigenvalue weighted by Gasteiger charge is -2.14. The summed E-state index contributed by atoms with van der Waals surface area (Å²) in [4.78, 5) is 11.5. The largest absolute Gasteiger partial charge is 0.350 e. The van der Waals surface area contributed by atoms with Crippen LogP contribution < -0.4 is 10.6 Å². The Kier molecular flexibility index (Phi) is 5.29. The van der Waals surface area contributed by atoms with Crippen molar-refractivity contribution in [3.8, 4) is 0 Å². The lowest BCUT2D eigenvalue weighted by atomic mass is 10.1. The van der Waals surface area contributed by atoms with E-state index in [1.54, 1.807) is 0 Å². The molecule has 0 heterocycles. The Morgan fingerprint density at radius 2 is 2.25 bits per heavy atom. The molecular weight excluding hydrogens is 224 g/mol. The van der Waals surface area contributed by atoms with Gasteiger partial charge in [-0.15, -0.1) is 0 Å². The quantitative estimate of drug-likeness (QED) is 0.828. The summed E-state index contributed by atoms with van der Waals surface area (Å²) < 4.78 is 0. The Labute approximate surface area is 101 Å². The lowest BCUT2D eigenvalue weighted by molar-refractivity contribution is -0.121. The number of hydrogen-bond acceptors (Lipinski definition) is 2. The monoisotopic (exact) mass is 240 g/mol. The molecule has 0 aliphatic carbocycles. The molecule has 1 aromatic rings. The Morgan fingerprint density at radius 3 is 2.88 bits per heavy atom. The Bertz CT molecular complexity index is 355. The first-order valence-corrected chi connectivity index (χ1v) is 5.70. The van der Waals surface area contributed by atoms with Gasteiger partial charge in [0.05, 0.1) is 6.04 Å². The van der Waals surface area contributed by atoms with Crippen LogP contribution in [0.3, 0.4) is 0 Å². The number of hydrogen-bond donors (Lipinski definition) is 2. The minimum atomic E-state index is -0.0111. The highest BCUT2D eigenvalue weighted by Crippen LogP contribution is 2.17. The SMILES string of the molecule is CNCCC(=O)NC(C)c1cccc(Cl)c1. The van der Waals surface area contributed by atoms with Crippen molar-refractivity contribution in [2.24, 2.45) is 0 Å². The zero-order valence-electron chi connectivity index (χ0n) is 9.59. The van der Waals surface area contributed by atoms with Crippen LogP contribution in [0.15, 0.2) is 24.3 Å². The van der Waals surface area contributed by atoms with Gasteiger partial charge in [-0.3, -0.25) is 4.79 Å². The van der Waals surface area contributed by atoms with E-state index in [2.05, 4.69) is 10.6 Å². The first-order valence-electron chi connectivity index (χ1n) is 5.33. The van der Waals surface area contributed by atoms with E-state index in [1.807, 2.05) is 38.2 Å². The van der Waals surface area contributed by atoms with E-state index in [4.69, 9.17) is 11.6 Å². The van der Waals surface area contributed by atoms with E-state index >= 15 is 0 Å². The molecule has 4 heteroatoms. The Morgan fingerprint density at radius 1 is 1.50 bits per heavy atom. The summed E-state index contributed by atoms with van der Waals surface area (Å²) in [6.07, 6.45) is 0.488. The molecule has 3 nitrogen and oxygen atoms in total. The van der Waals surface area contributed by atoms with Crippen LogP contribution in [0.2, 0.25) is 5.02 Å². The minimum Gasteiger partial charge on any atom is -0.350 e. The summed E-state index contributed by atoms with van der Waals surface area (Å²) in [5.74, 6) is 0.0434. The third-order valence-electron chi connectivity index (χ3n) is 2.33. The average Bonchev–Trinajstić information content (AvgIpc) is 2.26. The molecule has 0 fully saturated rings. The normalized spacial score (nSPS) is 12.2. The molecule has 0 bridgehead atoms. The summed E-state index contributed by atoms with van der Waals surface area (Å²) in [7, 11) is 1.83. The van der Waals surface area contributed by atoms with Gasteiger partial charge in [-0.05, 0) is 31.7 Å². The van der Waals surface area contributed by atoms with E-state index in [1.165, 1.54) is 0 Å². The van der Waals surface area contributed by atoms with Gasteiger partial charge in [0.1, 0.15) is 0 Å². The van der Waals surface area contributed by atoms with Crippen molar-refractivity contribution in [1.82, 2.24) is 10.6 Å². The highest BCUT2D eigenvalue weighted by atomic mass is 35.5. The predicted molar refractivity (Wildman–Crippen MR) is 66.6 cm³/mol. The van der Waals surface area contributed by atoms with Crippen LogP contribution in [0.25, 0.3) is 0 Å². The lowest BCUT2D eigenvalue weighted by Crippen LogP contribution is -2.29. The fourth-order valence-corrected chi connectivity index (χ4v) is 1.61. The highest BCUT2D eigenvalue weighted by molar-refractivity contribution is 6.30. The summed E-state index contributed by atoms with van der Waals surface area (Å²) >= 11 is 5.89. The molecule has 1 aromatic carbocycles. The third-order valence-corrected chi connectivity index (χ3v) is 2.56. The van der Waals surface area contributed by atoms with Crippen molar-refractivity contribution < 1.29 is 4.79 Å². The molecule has 0 radical (unpaired) electrons. The van der Waals surface area contributed by atoms with Gasteiger partial charge in [0, 0.05) is 18.0 Å². The summed E-state index contributed by atoms with van der Waals surface area (Å²) in [5.41, 5.74) is 1.02. The Hall–Kier alpha value is -1.06. The summed E-state index contributed by atoms with van der Waals surface area (Å²) in [6.45, 7) is 2.64. The third kappa shape index (κ3) is 4.21. The Balaban J connectivity index is 2.52. The molecule has 1 atom stereocenters. The second kappa shape index (κ2) is 6.51. The van der Waals surface area contributed by atoms with Crippen LogP contribution in [0, 0.1) is 0 Å². The average molecular weight is 241 g/mol. The molecule has 0 aromatic heterocycles. The van der Waals surface area contributed by atoms with Gasteiger partial charge in [-0.2, -0.15) is 0 Å². The number of halogens is 1. The smallest absolute Gasteiger partial charge is 0.221 e. The van der Waals surface area contributed by atoms with Crippen molar-refractivity contribution in [3.05, 3.63) is 34.9 Å². The maximum Gasteiger partial charge on any atom is 0.221 e. The molecule has 0 spiro atoms. The number of nitrogens with one attached hydrogen (secondary N) is 2. The van der Waals surface area contributed by atoms with Gasteiger partial charge in [0.2, 0.25) is 5.91 Å². The highest BCUT2D eigenvalue weighted by Gasteiger charge is 2.08. The van der Waals surface area contributed by atoms with Crippen LogP contribution in [0.1, 0.15) is 24.9 Å². The second-order valence-electron chi connectivity index (χ2n) is 3.70. The second-order valence-corrected chi connectivity index (χ2v) is 4.13. The standard InChI is InChI=1S/C12H17ClN2O/c1-9(15-12(16)6-7-14-2)10-4-3-5-11(13)8-10/h3-5,8-9,14H,6-7H2,1-2H3,(H,15,16). The van der Waals surface area contributed by atoms with E-state index < -0.39 is 0 Å². The van der Waals surface area contributed by atoms with Crippen LogP contribution in [-0.4, -0.2) is 19.5 Å². The maximum atomic E-state index is 11.5. The van der Waals surface area contributed by atoms with Gasteiger partial charge < -0.3 is 10.6 Å². The van der Waals surface area contributed by atoms with Gasteiger partial charge in [0.25, 0.3) is 0 Å². The zero-order valence-corrected chi connectivity index (χ0v) is 10.3. The molecule has 0 saturated heterocycles. The molecule has 88 valence electrons. The molecule has 1 rings (SSSR count). The van der Waals surface area contributed by atoms with Crippen LogP contribution >= 0.6 is 11.6 Å². The van der Waals surface area contributed by atoms with E-state index in [9.17, 15) is 4.79 Å². The molecular formula is C12H17ClN2O. The summed E-state index contributed by atoms with van der Waals surface area (Å²) in [6, 6.07) is 7.51. The number of rotatable bonds is 5. The zero-order chi connectivity index (χ0) is 12.0. The van der Waals surface area contributed by atoms with Crippen molar-refractivity contribution >= 4 is 17.5 Å². The van der Waals surface area contributed by atoms with E-state index in [0.29, 0.717) is 18.0 Å².